The first-order valence-corrected chi connectivity index (χ1v) is 9.79. The van der Waals surface area contributed by atoms with Gasteiger partial charge in [-0.2, -0.15) is 0 Å². The van der Waals surface area contributed by atoms with E-state index >= 15 is 0 Å². The lowest BCUT2D eigenvalue weighted by molar-refractivity contribution is 0.0978. The van der Waals surface area contributed by atoms with Crippen LogP contribution >= 0.6 is 27.3 Å². The van der Waals surface area contributed by atoms with Crippen molar-refractivity contribution in [3.05, 3.63) is 69.3 Å². The molecule has 5 rings (SSSR count). The number of thiophene rings is 1. The number of benzene rings is 2. The summed E-state index contributed by atoms with van der Waals surface area (Å²) in [7, 11) is 0. The Bertz CT molecular complexity index is 1290. The molecule has 3 heterocycles. The summed E-state index contributed by atoms with van der Waals surface area (Å²) in [6, 6.07) is 17.6. The number of ketones is 1. The number of rotatable bonds is 3. The molecule has 0 amide bonds. The van der Waals surface area contributed by atoms with Crippen molar-refractivity contribution in [3.8, 4) is 0 Å². The molecule has 4 nitrogen and oxygen atoms in total. The number of nitrogens with zero attached hydrogens (tertiary/aromatic N) is 3. The van der Waals surface area contributed by atoms with E-state index in [1.54, 1.807) is 0 Å². The van der Waals surface area contributed by atoms with Gasteiger partial charge in [0.25, 0.3) is 0 Å². The van der Waals surface area contributed by atoms with Crippen LogP contribution in [0.5, 0.6) is 0 Å². The van der Waals surface area contributed by atoms with Gasteiger partial charge < -0.3 is 4.57 Å². The van der Waals surface area contributed by atoms with E-state index in [2.05, 4.69) is 15.9 Å². The number of aromatic nitrogens is 3. The minimum atomic E-state index is 0.0803. The van der Waals surface area contributed by atoms with E-state index in [0.29, 0.717) is 0 Å². The summed E-state index contributed by atoms with van der Waals surface area (Å²) in [4.78, 5) is 23.1. The summed E-state index contributed by atoms with van der Waals surface area (Å²) in [6.07, 6.45) is 0. The lowest BCUT2D eigenvalue weighted by Gasteiger charge is -2.05. The number of fused-ring (bicyclic) bond motifs is 4. The zero-order chi connectivity index (χ0) is 17.7. The molecule has 3 aromatic heterocycles. The molecule has 0 aliphatic heterocycles. The highest BCUT2D eigenvalue weighted by Crippen LogP contribution is 2.31. The minimum absolute atomic E-state index is 0.0803. The Labute approximate surface area is 161 Å². The molecule has 0 spiro atoms. The third kappa shape index (κ3) is 2.45. The molecule has 2 aromatic carbocycles. The van der Waals surface area contributed by atoms with Crippen molar-refractivity contribution in [2.45, 2.75) is 6.54 Å². The smallest absolute Gasteiger partial charge is 0.192 e. The number of carbonyl (C=O) groups excluding carboxylic acids is 1. The summed E-state index contributed by atoms with van der Waals surface area (Å²) in [5.74, 6) is 0.0803. The van der Waals surface area contributed by atoms with Gasteiger partial charge in [-0.1, -0.05) is 34.1 Å². The van der Waals surface area contributed by atoms with Gasteiger partial charge in [0.15, 0.2) is 11.4 Å². The molecule has 0 aliphatic rings. The fourth-order valence-corrected chi connectivity index (χ4v) is 4.24. The van der Waals surface area contributed by atoms with E-state index in [9.17, 15) is 4.79 Å². The lowest BCUT2D eigenvalue weighted by Crippen LogP contribution is -2.09. The van der Waals surface area contributed by atoms with Gasteiger partial charge in [-0.05, 0) is 41.8 Å². The first kappa shape index (κ1) is 15.7. The highest BCUT2D eigenvalue weighted by molar-refractivity contribution is 9.10. The van der Waals surface area contributed by atoms with E-state index in [0.717, 1.165) is 42.5 Å². The Balaban J connectivity index is 1.81. The topological polar surface area (TPSA) is 47.8 Å². The lowest BCUT2D eigenvalue weighted by atomic mass is 10.2. The first-order valence-electron chi connectivity index (χ1n) is 8.12. The molecule has 0 radical (unpaired) electrons. The van der Waals surface area contributed by atoms with Crippen molar-refractivity contribution < 1.29 is 4.79 Å². The molecule has 0 fully saturated rings. The van der Waals surface area contributed by atoms with Crippen LogP contribution in [-0.4, -0.2) is 20.3 Å². The van der Waals surface area contributed by atoms with Crippen LogP contribution in [0.1, 0.15) is 9.67 Å². The maximum absolute atomic E-state index is 12.7. The van der Waals surface area contributed by atoms with Crippen LogP contribution < -0.4 is 0 Å². The minimum Gasteiger partial charge on any atom is -0.316 e. The summed E-state index contributed by atoms with van der Waals surface area (Å²) in [5, 5.41) is 2.91. The molecular weight excluding hydrogens is 410 g/mol. The molecule has 5 aromatic rings. The second kappa shape index (κ2) is 6.00. The number of hydrogen-bond donors (Lipinski definition) is 0. The van der Waals surface area contributed by atoms with E-state index in [1.807, 2.05) is 64.5 Å². The average molecular weight is 422 g/mol. The van der Waals surface area contributed by atoms with Gasteiger partial charge in [0, 0.05) is 9.86 Å². The number of carbonyl (C=O) groups is 1. The van der Waals surface area contributed by atoms with Crippen LogP contribution in [0.4, 0.5) is 0 Å². The SMILES string of the molecule is O=C(Cn1c2ccc(Br)cc2c2nc3ccccc3nc21)c1cccs1. The van der Waals surface area contributed by atoms with Crippen molar-refractivity contribution in [3.63, 3.8) is 0 Å². The quantitative estimate of drug-likeness (QED) is 0.364. The fourth-order valence-electron chi connectivity index (χ4n) is 3.23. The van der Waals surface area contributed by atoms with Gasteiger partial charge >= 0.3 is 0 Å². The summed E-state index contributed by atoms with van der Waals surface area (Å²) in [5.41, 5.74) is 4.19. The number of hydrogen-bond acceptors (Lipinski definition) is 4. The van der Waals surface area contributed by atoms with Crippen LogP contribution in [0.3, 0.4) is 0 Å². The Hall–Kier alpha value is -2.57. The van der Waals surface area contributed by atoms with Crippen LogP contribution in [0.2, 0.25) is 0 Å². The van der Waals surface area contributed by atoms with Gasteiger partial charge in [0.2, 0.25) is 0 Å². The summed E-state index contributed by atoms with van der Waals surface area (Å²) < 4.78 is 2.95. The summed E-state index contributed by atoms with van der Waals surface area (Å²) in [6.45, 7) is 0.245. The predicted octanol–water partition coefficient (Wildman–Crippen LogP) is 5.44. The molecule has 126 valence electrons. The number of Topliss-reactive ketones (excluding diaryl/α,β-unsaturated/α-hetero) is 1. The second-order valence-electron chi connectivity index (χ2n) is 6.03. The molecule has 0 atom stereocenters. The highest BCUT2D eigenvalue weighted by atomic mass is 79.9. The monoisotopic (exact) mass is 421 g/mol. The Morgan fingerprint density at radius 3 is 2.62 bits per heavy atom. The second-order valence-corrected chi connectivity index (χ2v) is 7.90. The van der Waals surface area contributed by atoms with Crippen molar-refractivity contribution >= 4 is 66.2 Å². The predicted molar refractivity (Wildman–Crippen MR) is 109 cm³/mol. The number of para-hydroxylation sites is 2. The van der Waals surface area contributed by atoms with Crippen LogP contribution in [-0.2, 0) is 6.54 Å². The molecule has 0 saturated carbocycles. The van der Waals surface area contributed by atoms with E-state index in [1.165, 1.54) is 11.3 Å². The number of halogens is 1. The maximum Gasteiger partial charge on any atom is 0.192 e. The van der Waals surface area contributed by atoms with E-state index in [4.69, 9.17) is 9.97 Å². The van der Waals surface area contributed by atoms with E-state index < -0.39 is 0 Å². The zero-order valence-corrected chi connectivity index (χ0v) is 15.9. The Kier molecular flexibility index (Phi) is 3.62. The van der Waals surface area contributed by atoms with Crippen LogP contribution in [0.25, 0.3) is 33.1 Å². The standard InChI is InChI=1S/C20H12BrN3OS/c21-12-7-8-16-13(10-12)19-20(23-15-5-2-1-4-14(15)22-19)24(16)11-17(25)18-6-3-9-26-18/h1-10H,11H2. The summed E-state index contributed by atoms with van der Waals surface area (Å²) >= 11 is 5.00. The Morgan fingerprint density at radius 1 is 1.04 bits per heavy atom. The van der Waals surface area contributed by atoms with Gasteiger partial charge in [0.05, 0.1) is 28.0 Å². The van der Waals surface area contributed by atoms with Crippen molar-refractivity contribution in [2.24, 2.45) is 0 Å². The van der Waals surface area contributed by atoms with E-state index in [-0.39, 0.29) is 12.3 Å². The molecule has 0 aliphatic carbocycles. The van der Waals surface area contributed by atoms with Gasteiger partial charge in [0.1, 0.15) is 5.52 Å². The highest BCUT2D eigenvalue weighted by Gasteiger charge is 2.18. The molecule has 6 heteroatoms. The van der Waals surface area contributed by atoms with Gasteiger partial charge in [-0.25, -0.2) is 9.97 Å². The maximum atomic E-state index is 12.7. The van der Waals surface area contributed by atoms with Crippen molar-refractivity contribution in [1.82, 2.24) is 14.5 Å². The Morgan fingerprint density at radius 2 is 1.85 bits per heavy atom. The third-order valence-corrected chi connectivity index (χ3v) is 5.81. The molecule has 26 heavy (non-hydrogen) atoms. The molecule has 0 unspecified atom stereocenters. The zero-order valence-electron chi connectivity index (χ0n) is 13.5. The third-order valence-electron chi connectivity index (χ3n) is 4.41. The molecule has 0 bridgehead atoms. The normalized spacial score (nSPS) is 11.6. The molecule has 0 N–H and O–H groups in total. The molecular formula is C20H12BrN3OS. The average Bonchev–Trinajstić information content (AvgIpc) is 3.28. The largest absolute Gasteiger partial charge is 0.316 e. The first-order chi connectivity index (χ1) is 12.7. The van der Waals surface area contributed by atoms with Gasteiger partial charge in [-0.15, -0.1) is 11.3 Å². The molecule has 0 saturated heterocycles. The van der Waals surface area contributed by atoms with Crippen molar-refractivity contribution in [2.75, 3.05) is 0 Å². The fraction of sp³-hybridized carbons (Fsp3) is 0.0500. The van der Waals surface area contributed by atoms with Crippen molar-refractivity contribution in [1.29, 1.82) is 0 Å². The van der Waals surface area contributed by atoms with Crippen LogP contribution in [0.15, 0.2) is 64.5 Å². The van der Waals surface area contributed by atoms with Gasteiger partial charge in [-0.3, -0.25) is 4.79 Å². The van der Waals surface area contributed by atoms with Crippen LogP contribution in [0, 0.1) is 0 Å².